The number of pyridine rings is 1. The van der Waals surface area contributed by atoms with Gasteiger partial charge in [0.1, 0.15) is 22.6 Å². The van der Waals surface area contributed by atoms with Gasteiger partial charge in [-0.15, -0.1) is 11.3 Å². The summed E-state index contributed by atoms with van der Waals surface area (Å²) in [4.78, 5) is 31.9. The summed E-state index contributed by atoms with van der Waals surface area (Å²) in [5.74, 6) is 0.997. The van der Waals surface area contributed by atoms with Gasteiger partial charge < -0.3 is 10.5 Å². The number of carbonyl (C=O) groups is 1. The number of aryl methyl sites for hydroxylation is 1. The van der Waals surface area contributed by atoms with Gasteiger partial charge >= 0.3 is 0 Å². The molecule has 0 unspecified atom stereocenters. The predicted octanol–water partition coefficient (Wildman–Crippen LogP) is 8.62. The molecule has 0 amide bonds. The minimum absolute atomic E-state index is 0.0639. The first-order valence-corrected chi connectivity index (χ1v) is 15.0. The van der Waals surface area contributed by atoms with E-state index >= 15 is 0 Å². The lowest BCUT2D eigenvalue weighted by atomic mass is 9.90. The van der Waals surface area contributed by atoms with Crippen LogP contribution in [-0.2, 0) is 9.53 Å². The number of fused-ring (bicyclic) bond motifs is 2. The van der Waals surface area contributed by atoms with Crippen molar-refractivity contribution in [1.82, 2.24) is 19.9 Å². The first kappa shape index (κ1) is 28.9. The topological polar surface area (TPSA) is 104 Å². The van der Waals surface area contributed by atoms with Crippen molar-refractivity contribution in [2.24, 2.45) is 0 Å². The van der Waals surface area contributed by atoms with Crippen molar-refractivity contribution < 1.29 is 9.53 Å². The van der Waals surface area contributed by atoms with Gasteiger partial charge in [-0.2, -0.15) is 0 Å². The fraction of sp³-hybridized carbons (Fsp3) is 0.206. The summed E-state index contributed by atoms with van der Waals surface area (Å²) >= 11 is 7.79. The smallest absolute Gasteiger partial charge is 0.163 e. The number of hydrogen-bond donors (Lipinski definition) is 1. The summed E-state index contributed by atoms with van der Waals surface area (Å²) < 4.78 is 7.31. The fourth-order valence-corrected chi connectivity index (χ4v) is 6.38. The summed E-state index contributed by atoms with van der Waals surface area (Å²) in [7, 11) is 0. The zero-order valence-electron chi connectivity index (χ0n) is 24.5. The van der Waals surface area contributed by atoms with Crippen LogP contribution in [0, 0.1) is 6.92 Å². The highest BCUT2D eigenvalue weighted by Crippen LogP contribution is 2.44. The Morgan fingerprint density at radius 1 is 0.930 bits per heavy atom. The van der Waals surface area contributed by atoms with Crippen molar-refractivity contribution in [2.75, 3.05) is 5.73 Å². The van der Waals surface area contributed by atoms with Crippen LogP contribution in [-0.4, -0.2) is 31.3 Å². The molecule has 0 aliphatic rings. The number of aromatic nitrogens is 4. The van der Waals surface area contributed by atoms with E-state index in [1.165, 1.54) is 11.3 Å². The number of hydrogen-bond acceptors (Lipinski definition) is 8. The highest BCUT2D eigenvalue weighted by Gasteiger charge is 2.30. The Hall–Kier alpha value is -4.24. The molecule has 0 saturated heterocycles. The molecule has 43 heavy (non-hydrogen) atoms. The molecular formula is C34H30ClN5O2S. The lowest BCUT2D eigenvalue weighted by Crippen LogP contribution is -2.27. The molecule has 3 aromatic carbocycles. The third-order valence-corrected chi connectivity index (χ3v) is 8.37. The molecule has 0 saturated carbocycles. The first-order valence-electron chi connectivity index (χ1n) is 13.9. The average molecular weight is 608 g/mol. The van der Waals surface area contributed by atoms with Gasteiger partial charge in [-0.25, -0.2) is 19.9 Å². The normalized spacial score (nSPS) is 12.6. The maximum absolute atomic E-state index is 13.1. The maximum Gasteiger partial charge on any atom is 0.163 e. The maximum atomic E-state index is 13.1. The van der Waals surface area contributed by atoms with Crippen LogP contribution in [0.15, 0.2) is 72.9 Å². The minimum Gasteiger partial charge on any atom is -0.384 e. The van der Waals surface area contributed by atoms with Crippen molar-refractivity contribution in [1.29, 1.82) is 0 Å². The van der Waals surface area contributed by atoms with Crippen molar-refractivity contribution in [3.8, 4) is 33.2 Å². The van der Waals surface area contributed by atoms with Crippen molar-refractivity contribution in [3.63, 3.8) is 0 Å². The largest absolute Gasteiger partial charge is 0.384 e. The third-order valence-electron chi connectivity index (χ3n) is 7.01. The number of carbonyl (C=O) groups excluding carboxylic acids is 1. The molecule has 0 aliphatic heterocycles. The van der Waals surface area contributed by atoms with Crippen LogP contribution >= 0.6 is 22.9 Å². The second kappa shape index (κ2) is 11.1. The predicted molar refractivity (Wildman–Crippen MR) is 175 cm³/mol. The van der Waals surface area contributed by atoms with Crippen molar-refractivity contribution in [3.05, 3.63) is 89.1 Å². The standard InChI is InChI=1S/C34H30ClN5O2S/c1-18-16-26-31(29(20-6-10-23(35)11-7-20)28(18)30(19(2)41)42-34(3,4)5)43-33(40-26)25-14-15-37-32(39-25)22-8-12-24-21(17-22)9-13-27(36)38-24/h6-17,30H,1-5H3,(H2,36,38)/t30-/m1/s1. The van der Waals surface area contributed by atoms with E-state index in [0.717, 1.165) is 53.9 Å². The summed E-state index contributed by atoms with van der Waals surface area (Å²) in [6, 6.07) is 21.1. The minimum atomic E-state index is -0.746. The van der Waals surface area contributed by atoms with Crippen LogP contribution in [0.25, 0.3) is 54.3 Å². The van der Waals surface area contributed by atoms with Gasteiger partial charge in [0.15, 0.2) is 11.6 Å². The number of Topliss-reactive ketones (excluding diaryl/α,β-unsaturated/α-hetero) is 1. The Kier molecular flexibility index (Phi) is 7.46. The summed E-state index contributed by atoms with van der Waals surface area (Å²) in [5, 5.41) is 2.33. The number of benzene rings is 3. The second-order valence-corrected chi connectivity index (χ2v) is 12.9. The Labute approximate surface area is 258 Å². The Morgan fingerprint density at radius 2 is 1.67 bits per heavy atom. The molecule has 6 rings (SSSR count). The number of rotatable bonds is 6. The number of ketones is 1. The number of nitrogens with zero attached hydrogens (tertiary/aromatic N) is 4. The van der Waals surface area contributed by atoms with Gasteiger partial charge in [-0.05, 0) is 100 Å². The molecule has 3 heterocycles. The van der Waals surface area contributed by atoms with E-state index in [0.29, 0.717) is 22.4 Å². The van der Waals surface area contributed by atoms with E-state index in [1.54, 1.807) is 19.2 Å². The number of halogens is 1. The molecule has 1 atom stereocenters. The van der Waals surface area contributed by atoms with Gasteiger partial charge in [0.25, 0.3) is 0 Å². The molecule has 3 aromatic heterocycles. The van der Waals surface area contributed by atoms with Crippen LogP contribution in [0.1, 0.15) is 44.9 Å². The Morgan fingerprint density at radius 3 is 2.40 bits per heavy atom. The molecular weight excluding hydrogens is 578 g/mol. The molecule has 0 spiro atoms. The van der Waals surface area contributed by atoms with E-state index in [1.807, 2.05) is 88.4 Å². The average Bonchev–Trinajstić information content (AvgIpc) is 3.39. The van der Waals surface area contributed by atoms with Gasteiger partial charge in [0.05, 0.1) is 21.3 Å². The SMILES string of the molecule is CC(=O)[C@@H](OC(C)(C)C)c1c(C)cc2nc(-c3ccnc(-c4ccc5nc(N)ccc5c4)n3)sc2c1-c1ccc(Cl)cc1. The summed E-state index contributed by atoms with van der Waals surface area (Å²) in [6.07, 6.45) is 0.999. The highest BCUT2D eigenvalue weighted by atomic mass is 35.5. The Balaban J connectivity index is 1.52. The van der Waals surface area contributed by atoms with Crippen LogP contribution < -0.4 is 5.73 Å². The zero-order valence-corrected chi connectivity index (χ0v) is 26.0. The molecule has 2 N–H and O–H groups in total. The lowest BCUT2D eigenvalue weighted by molar-refractivity contribution is -0.138. The number of nitrogen functional groups attached to an aromatic ring is 1. The number of thiazole rings is 1. The summed E-state index contributed by atoms with van der Waals surface area (Å²) in [6.45, 7) is 9.44. The van der Waals surface area contributed by atoms with E-state index in [4.69, 9.17) is 32.0 Å². The molecule has 216 valence electrons. The molecule has 9 heteroatoms. The number of anilines is 1. The number of nitrogens with two attached hydrogens (primary N) is 1. The first-order chi connectivity index (χ1) is 20.5. The molecule has 0 radical (unpaired) electrons. The number of ether oxygens (including phenoxy) is 1. The van der Waals surface area contributed by atoms with Gasteiger partial charge in [-0.1, -0.05) is 23.7 Å². The van der Waals surface area contributed by atoms with E-state index < -0.39 is 11.7 Å². The fourth-order valence-electron chi connectivity index (χ4n) is 5.16. The molecule has 0 aliphatic carbocycles. The second-order valence-electron chi connectivity index (χ2n) is 11.5. The monoisotopic (exact) mass is 607 g/mol. The van der Waals surface area contributed by atoms with Gasteiger partial charge in [-0.3, -0.25) is 4.79 Å². The quantitative estimate of drug-likeness (QED) is 0.202. The van der Waals surface area contributed by atoms with E-state index in [-0.39, 0.29) is 5.78 Å². The van der Waals surface area contributed by atoms with Gasteiger partial charge in [0.2, 0.25) is 0 Å². The Bertz CT molecular complexity index is 2010. The summed E-state index contributed by atoms with van der Waals surface area (Å²) in [5.41, 5.74) is 12.1. The highest BCUT2D eigenvalue weighted by molar-refractivity contribution is 7.22. The van der Waals surface area contributed by atoms with Gasteiger partial charge in [0, 0.05) is 33.3 Å². The van der Waals surface area contributed by atoms with Crippen LogP contribution in [0.4, 0.5) is 5.82 Å². The van der Waals surface area contributed by atoms with Crippen molar-refractivity contribution >= 4 is 55.7 Å². The zero-order chi connectivity index (χ0) is 30.5. The van der Waals surface area contributed by atoms with Crippen LogP contribution in [0.3, 0.4) is 0 Å². The molecule has 0 bridgehead atoms. The third kappa shape index (κ3) is 5.86. The lowest BCUT2D eigenvalue weighted by Gasteiger charge is -2.29. The molecule has 0 fully saturated rings. The van der Waals surface area contributed by atoms with E-state index in [2.05, 4.69) is 9.97 Å². The molecule has 7 nitrogen and oxygen atoms in total. The van der Waals surface area contributed by atoms with Crippen LogP contribution in [0.2, 0.25) is 5.02 Å². The molecule has 6 aromatic rings. The van der Waals surface area contributed by atoms with Crippen LogP contribution in [0.5, 0.6) is 0 Å². The van der Waals surface area contributed by atoms with Crippen molar-refractivity contribution in [2.45, 2.75) is 46.3 Å². The van der Waals surface area contributed by atoms with E-state index in [9.17, 15) is 4.79 Å².